The molecule has 0 aliphatic heterocycles. The van der Waals surface area contributed by atoms with Gasteiger partial charge in [-0.1, -0.05) is 18.0 Å². The average molecular weight is 447 g/mol. The van der Waals surface area contributed by atoms with Crippen molar-refractivity contribution < 1.29 is 29.0 Å². The van der Waals surface area contributed by atoms with E-state index in [-0.39, 0.29) is 22.2 Å². The van der Waals surface area contributed by atoms with Crippen molar-refractivity contribution in [1.29, 1.82) is 0 Å². The lowest BCUT2D eigenvalue weighted by molar-refractivity contribution is -0.150. The molecule has 0 unspecified atom stereocenters. The highest BCUT2D eigenvalue weighted by Gasteiger charge is 2.20. The van der Waals surface area contributed by atoms with Crippen LogP contribution in [0.25, 0.3) is 0 Å². The van der Waals surface area contributed by atoms with Gasteiger partial charge in [0.1, 0.15) is 17.2 Å². The van der Waals surface area contributed by atoms with E-state index >= 15 is 0 Å². The number of phenols is 1. The third-order valence-corrected chi connectivity index (χ3v) is 5.35. The molecule has 0 spiro atoms. The number of aryl methyl sites for hydroxylation is 1. The van der Waals surface area contributed by atoms with Gasteiger partial charge in [0.05, 0.1) is 17.7 Å². The van der Waals surface area contributed by atoms with Crippen LogP contribution in [0.3, 0.4) is 0 Å². The van der Waals surface area contributed by atoms with Crippen LogP contribution in [0.1, 0.15) is 35.2 Å². The number of aromatic hydroxyl groups is 1. The molecule has 2 amide bonds. The number of phenolic OH excluding ortho intramolecular Hbond substituents is 1. The second-order valence-corrected chi connectivity index (χ2v) is 7.74. The fourth-order valence-corrected chi connectivity index (χ4v) is 3.42. The topological polar surface area (TPSA) is 114 Å². The molecule has 1 aliphatic carbocycles. The predicted octanol–water partition coefficient (Wildman–Crippen LogP) is 3.79. The van der Waals surface area contributed by atoms with E-state index in [0.29, 0.717) is 35.2 Å². The molecule has 3 N–H and O–H groups in total. The number of amides is 2. The van der Waals surface area contributed by atoms with Crippen LogP contribution < -0.4 is 15.4 Å². The number of rotatable bonds is 6. The Hall–Kier alpha value is -3.26. The fourth-order valence-electron chi connectivity index (χ4n) is 3.11. The second-order valence-electron chi connectivity index (χ2n) is 7.34. The summed E-state index contributed by atoms with van der Waals surface area (Å²) in [5.74, 6) is -1.37. The Bertz CT molecular complexity index is 996. The number of nitrogens with one attached hydrogen (secondary N) is 2. The Morgan fingerprint density at radius 3 is 2.55 bits per heavy atom. The highest BCUT2D eigenvalue weighted by atomic mass is 35.5. The van der Waals surface area contributed by atoms with Gasteiger partial charge in [0, 0.05) is 12.2 Å². The van der Waals surface area contributed by atoms with Gasteiger partial charge in [-0.2, -0.15) is 0 Å². The third kappa shape index (κ3) is 5.46. The lowest BCUT2D eigenvalue weighted by Crippen LogP contribution is -2.32. The highest BCUT2D eigenvalue weighted by molar-refractivity contribution is 6.37. The first-order valence-corrected chi connectivity index (χ1v) is 10.1. The van der Waals surface area contributed by atoms with Crippen molar-refractivity contribution in [3.05, 3.63) is 46.5 Å². The Morgan fingerprint density at radius 1 is 1.19 bits per heavy atom. The van der Waals surface area contributed by atoms with Crippen LogP contribution in [0.5, 0.6) is 17.2 Å². The number of ether oxygens (including phenoxy) is 2. The largest absolute Gasteiger partial charge is 0.507 e. The zero-order valence-electron chi connectivity index (χ0n) is 17.2. The number of hydrogen-bond donors (Lipinski definition) is 3. The molecular formula is C22H23ClN2O6. The maximum Gasteiger partial charge on any atom is 0.396 e. The number of anilines is 1. The van der Waals surface area contributed by atoms with E-state index in [1.54, 1.807) is 13.0 Å². The molecule has 1 fully saturated rings. The summed E-state index contributed by atoms with van der Waals surface area (Å²) in [5.41, 5.74) is 0.983. The smallest absolute Gasteiger partial charge is 0.396 e. The molecule has 2 aromatic rings. The van der Waals surface area contributed by atoms with Crippen molar-refractivity contribution in [3.8, 4) is 17.2 Å². The van der Waals surface area contributed by atoms with Crippen LogP contribution in [-0.2, 0) is 14.3 Å². The molecule has 2 aromatic carbocycles. The van der Waals surface area contributed by atoms with Crippen LogP contribution in [0.2, 0.25) is 5.02 Å². The molecule has 31 heavy (non-hydrogen) atoms. The maximum absolute atomic E-state index is 12.4. The fraction of sp³-hybridized carbons (Fsp3) is 0.318. The van der Waals surface area contributed by atoms with E-state index < -0.39 is 11.9 Å². The minimum Gasteiger partial charge on any atom is -0.507 e. The molecule has 9 heteroatoms. The maximum atomic E-state index is 12.4. The van der Waals surface area contributed by atoms with Crippen LogP contribution in [0.4, 0.5) is 5.69 Å². The lowest BCUT2D eigenvalue weighted by Gasteiger charge is -2.25. The van der Waals surface area contributed by atoms with Gasteiger partial charge in [0.2, 0.25) is 0 Å². The van der Waals surface area contributed by atoms with Crippen LogP contribution in [0, 0.1) is 12.8 Å². The lowest BCUT2D eigenvalue weighted by atomic mass is 9.85. The van der Waals surface area contributed by atoms with Crippen LogP contribution in [0.15, 0.2) is 30.3 Å². The summed E-state index contributed by atoms with van der Waals surface area (Å²) in [5, 5.41) is 15.5. The minimum atomic E-state index is -1.03. The van der Waals surface area contributed by atoms with Crippen LogP contribution >= 0.6 is 11.6 Å². The summed E-state index contributed by atoms with van der Waals surface area (Å²) in [6.45, 7) is 2.29. The zero-order valence-corrected chi connectivity index (χ0v) is 17.9. The summed E-state index contributed by atoms with van der Waals surface area (Å²) in [6.07, 6.45) is 3.38. The van der Waals surface area contributed by atoms with Crippen molar-refractivity contribution in [2.75, 3.05) is 19.0 Å². The molecular weight excluding hydrogens is 424 g/mol. The number of hydrogen-bond acceptors (Lipinski definition) is 6. The highest BCUT2D eigenvalue weighted by Crippen LogP contribution is 2.36. The number of carbonyl (C=O) groups excluding carboxylic acids is 3. The van der Waals surface area contributed by atoms with Crippen LogP contribution in [-0.4, -0.2) is 36.5 Å². The number of carbonyl (C=O) groups is 3. The first-order chi connectivity index (χ1) is 14.8. The van der Waals surface area contributed by atoms with E-state index in [9.17, 15) is 19.5 Å². The van der Waals surface area contributed by atoms with Gasteiger partial charge < -0.3 is 25.2 Å². The number of esters is 1. The molecule has 8 nitrogen and oxygen atoms in total. The van der Waals surface area contributed by atoms with Crippen molar-refractivity contribution >= 4 is 35.1 Å². The average Bonchev–Trinajstić information content (AvgIpc) is 2.69. The number of halogens is 1. The summed E-state index contributed by atoms with van der Waals surface area (Å²) >= 11 is 6.30. The molecule has 0 bridgehead atoms. The molecule has 1 saturated carbocycles. The molecule has 0 saturated heterocycles. The Labute approximate surface area is 184 Å². The van der Waals surface area contributed by atoms with E-state index in [0.717, 1.165) is 20.0 Å². The van der Waals surface area contributed by atoms with Gasteiger partial charge >= 0.3 is 11.9 Å². The SMILES string of the molecule is COC(=O)C(=O)Nc1cc(C)c(Oc2ccc(O)c(C(=O)NCC3CCC3)c2)c(Cl)c1. The molecule has 0 aromatic heterocycles. The van der Waals surface area contributed by atoms with Crippen molar-refractivity contribution in [3.63, 3.8) is 0 Å². The molecule has 1 aliphatic rings. The zero-order chi connectivity index (χ0) is 22.5. The van der Waals surface area contributed by atoms with Gasteiger partial charge in [-0.05, 0) is 61.6 Å². The van der Waals surface area contributed by atoms with E-state index in [1.807, 2.05) is 0 Å². The van der Waals surface area contributed by atoms with Gasteiger partial charge in [-0.15, -0.1) is 0 Å². The predicted molar refractivity (Wildman–Crippen MR) is 115 cm³/mol. The minimum absolute atomic E-state index is 0.104. The molecule has 3 rings (SSSR count). The normalized spacial score (nSPS) is 13.1. The molecule has 0 heterocycles. The second kappa shape index (κ2) is 9.70. The summed E-state index contributed by atoms with van der Waals surface area (Å²) in [4.78, 5) is 35.4. The van der Waals surface area contributed by atoms with Gasteiger partial charge in [-0.3, -0.25) is 9.59 Å². The van der Waals surface area contributed by atoms with Crippen molar-refractivity contribution in [1.82, 2.24) is 5.32 Å². The Kier molecular flexibility index (Phi) is 7.02. The van der Waals surface area contributed by atoms with Gasteiger partial charge in [0.15, 0.2) is 0 Å². The molecule has 0 atom stereocenters. The van der Waals surface area contributed by atoms with E-state index in [4.69, 9.17) is 16.3 Å². The quantitative estimate of drug-likeness (QED) is 0.459. The van der Waals surface area contributed by atoms with E-state index in [2.05, 4.69) is 15.4 Å². The first kappa shape index (κ1) is 22.4. The monoisotopic (exact) mass is 446 g/mol. The summed E-state index contributed by atoms with van der Waals surface area (Å²) in [6, 6.07) is 7.34. The van der Waals surface area contributed by atoms with Gasteiger partial charge in [0.25, 0.3) is 5.91 Å². The number of methoxy groups -OCH3 is 1. The Morgan fingerprint density at radius 2 is 1.94 bits per heavy atom. The number of benzene rings is 2. The summed E-state index contributed by atoms with van der Waals surface area (Å²) < 4.78 is 10.2. The van der Waals surface area contributed by atoms with E-state index in [1.165, 1.54) is 30.7 Å². The van der Waals surface area contributed by atoms with Gasteiger partial charge in [-0.25, -0.2) is 4.79 Å². The molecule has 0 radical (unpaired) electrons. The third-order valence-electron chi connectivity index (χ3n) is 5.07. The first-order valence-electron chi connectivity index (χ1n) is 9.77. The van der Waals surface area contributed by atoms with Crippen molar-refractivity contribution in [2.45, 2.75) is 26.2 Å². The Balaban J connectivity index is 1.75. The van der Waals surface area contributed by atoms with Crippen molar-refractivity contribution in [2.24, 2.45) is 5.92 Å². The summed E-state index contributed by atoms with van der Waals surface area (Å²) in [7, 11) is 1.11. The standard InChI is InChI=1S/C22H23ClN2O6/c1-12-8-14(25-21(28)22(29)30-2)9-17(23)19(12)31-15-6-7-18(26)16(10-15)20(27)24-11-13-4-3-5-13/h6-10,13,26H,3-5,11H2,1-2H3,(H,24,27)(H,25,28). The molecule has 164 valence electrons.